The maximum absolute atomic E-state index is 13.6. The molecule has 1 amide bonds. The van der Waals surface area contributed by atoms with Gasteiger partial charge in [-0.2, -0.15) is 16.4 Å². The Morgan fingerprint density at radius 3 is 2.63 bits per heavy atom. The maximum Gasteiger partial charge on any atom is 0.246 e. The highest BCUT2D eigenvalue weighted by Crippen LogP contribution is 2.33. The van der Waals surface area contributed by atoms with Gasteiger partial charge in [-0.25, -0.2) is 0 Å². The first-order valence-electron chi connectivity index (χ1n) is 13.6. The Bertz CT molecular complexity index is 1380. The number of aromatic amines is 1. The van der Waals surface area contributed by atoms with Crippen molar-refractivity contribution in [2.75, 3.05) is 32.0 Å². The molecule has 0 unspecified atom stereocenters. The van der Waals surface area contributed by atoms with E-state index in [9.17, 15) is 4.79 Å². The number of likely N-dealkylation sites (tertiary alicyclic amines) is 2. The zero-order chi connectivity index (χ0) is 26.1. The van der Waals surface area contributed by atoms with Crippen molar-refractivity contribution in [1.82, 2.24) is 20.0 Å². The van der Waals surface area contributed by atoms with Crippen LogP contribution in [0.25, 0.3) is 22.2 Å². The molecule has 2 aliphatic heterocycles. The number of carbonyl (C=O) groups excluding carboxylic acids is 1. The fourth-order valence-corrected chi connectivity index (χ4v) is 6.45. The van der Waals surface area contributed by atoms with Crippen molar-refractivity contribution in [3.8, 4) is 17.0 Å². The molecule has 198 valence electrons. The number of amides is 1. The molecule has 0 spiro atoms. The molecule has 4 aromatic rings. The van der Waals surface area contributed by atoms with E-state index in [0.717, 1.165) is 84.5 Å². The normalized spacial score (nSPS) is 20.1. The lowest BCUT2D eigenvalue weighted by Gasteiger charge is -2.30. The van der Waals surface area contributed by atoms with E-state index in [-0.39, 0.29) is 18.1 Å². The Morgan fingerprint density at radius 2 is 1.92 bits per heavy atom. The van der Waals surface area contributed by atoms with Gasteiger partial charge >= 0.3 is 0 Å². The summed E-state index contributed by atoms with van der Waals surface area (Å²) in [6.45, 7) is 5.31. The summed E-state index contributed by atoms with van der Waals surface area (Å²) in [5.74, 6) is 0.906. The van der Waals surface area contributed by atoms with Crippen LogP contribution in [0.2, 0.25) is 0 Å². The van der Waals surface area contributed by atoms with E-state index in [2.05, 4.69) is 62.9 Å². The van der Waals surface area contributed by atoms with Gasteiger partial charge in [0.15, 0.2) is 0 Å². The number of anilines is 1. The number of hydrogen-bond donors (Lipinski definition) is 2. The van der Waals surface area contributed by atoms with Gasteiger partial charge in [0.1, 0.15) is 17.9 Å². The third kappa shape index (κ3) is 5.21. The van der Waals surface area contributed by atoms with Crippen LogP contribution in [0.1, 0.15) is 44.2 Å². The summed E-state index contributed by atoms with van der Waals surface area (Å²) in [6.07, 6.45) is 4.64. The first-order valence-corrected chi connectivity index (χ1v) is 14.5. The second-order valence-corrected chi connectivity index (χ2v) is 11.4. The molecule has 2 saturated heterocycles. The second-order valence-electron chi connectivity index (χ2n) is 10.7. The summed E-state index contributed by atoms with van der Waals surface area (Å²) in [5, 5.41) is 16.1. The van der Waals surface area contributed by atoms with Crippen molar-refractivity contribution in [3.05, 3.63) is 64.9 Å². The molecular weight excluding hydrogens is 494 g/mol. The van der Waals surface area contributed by atoms with Crippen LogP contribution in [0.3, 0.4) is 0 Å². The molecule has 0 aliphatic carbocycles. The molecule has 0 bridgehead atoms. The van der Waals surface area contributed by atoms with Crippen molar-refractivity contribution in [1.29, 1.82) is 0 Å². The van der Waals surface area contributed by atoms with Crippen molar-refractivity contribution in [2.45, 2.75) is 50.8 Å². The smallest absolute Gasteiger partial charge is 0.246 e. The quantitative estimate of drug-likeness (QED) is 0.311. The van der Waals surface area contributed by atoms with Crippen LogP contribution in [0.5, 0.6) is 5.75 Å². The average Bonchev–Trinajstić information content (AvgIpc) is 3.69. The minimum absolute atomic E-state index is 0.0111. The predicted octanol–water partition coefficient (Wildman–Crippen LogP) is 5.93. The van der Waals surface area contributed by atoms with Crippen LogP contribution in [-0.2, 0) is 4.79 Å². The Hall–Kier alpha value is -3.20. The van der Waals surface area contributed by atoms with Gasteiger partial charge in [-0.05, 0) is 111 Å². The number of thiophene rings is 1. The van der Waals surface area contributed by atoms with E-state index in [1.54, 1.807) is 11.3 Å². The van der Waals surface area contributed by atoms with Gasteiger partial charge in [-0.15, -0.1) is 0 Å². The maximum atomic E-state index is 13.6. The number of nitrogens with zero attached hydrogens (tertiary/aromatic N) is 3. The number of ether oxygens (including phenoxy) is 1. The summed E-state index contributed by atoms with van der Waals surface area (Å²) >= 11 is 1.63. The van der Waals surface area contributed by atoms with Gasteiger partial charge in [0, 0.05) is 35.8 Å². The third-order valence-corrected chi connectivity index (χ3v) is 8.67. The number of hydrogen-bond acceptors (Lipinski definition) is 6. The molecule has 8 heteroatoms. The third-order valence-electron chi connectivity index (χ3n) is 7.97. The standard InChI is InChI=1S/C30H35N5O2S/c1-20-4-3-14-35(20)29(22-13-17-38-19-22)30(36)31-23-7-10-27-26(18-23)28(33-32-27)21-5-8-24(9-6-21)37-25-11-15-34(2)16-12-25/h5-10,13,17-20,25,29H,3-4,11-12,14-16H2,1-2H3,(H,31,36)(H,32,33)/t20-,29-/m0/s1. The van der Waals surface area contributed by atoms with Gasteiger partial charge in [0.25, 0.3) is 0 Å². The fourth-order valence-electron chi connectivity index (χ4n) is 5.77. The van der Waals surface area contributed by atoms with E-state index >= 15 is 0 Å². The summed E-state index contributed by atoms with van der Waals surface area (Å²) in [7, 11) is 2.16. The van der Waals surface area contributed by atoms with Crippen LogP contribution in [0.4, 0.5) is 5.69 Å². The van der Waals surface area contributed by atoms with Crippen molar-refractivity contribution in [2.24, 2.45) is 0 Å². The number of H-pyrrole nitrogens is 1. The SMILES string of the molecule is C[C@H]1CCCN1[C@H](C(=O)Nc1ccc2[nH]nc(-c3ccc(OC4CCN(C)CC4)cc3)c2c1)c1ccsc1. The van der Waals surface area contributed by atoms with Crippen molar-refractivity contribution in [3.63, 3.8) is 0 Å². The molecule has 6 rings (SSSR count). The Morgan fingerprint density at radius 1 is 1.11 bits per heavy atom. The number of fused-ring (bicyclic) bond motifs is 1. The van der Waals surface area contributed by atoms with Gasteiger partial charge in [0.05, 0.1) is 11.2 Å². The Labute approximate surface area is 227 Å². The zero-order valence-electron chi connectivity index (χ0n) is 22.0. The van der Waals surface area contributed by atoms with Gasteiger partial charge in [-0.1, -0.05) is 0 Å². The highest BCUT2D eigenvalue weighted by atomic mass is 32.1. The average molecular weight is 530 g/mol. The number of carbonyl (C=O) groups is 1. The molecule has 38 heavy (non-hydrogen) atoms. The highest BCUT2D eigenvalue weighted by molar-refractivity contribution is 7.08. The van der Waals surface area contributed by atoms with E-state index in [0.29, 0.717) is 6.04 Å². The molecule has 2 fully saturated rings. The predicted molar refractivity (Wildman–Crippen MR) is 154 cm³/mol. The van der Waals surface area contributed by atoms with E-state index in [1.165, 1.54) is 0 Å². The monoisotopic (exact) mass is 529 g/mol. The Balaban J connectivity index is 1.20. The van der Waals surface area contributed by atoms with Gasteiger partial charge in [0.2, 0.25) is 5.91 Å². The molecule has 0 saturated carbocycles. The molecule has 2 N–H and O–H groups in total. The molecule has 0 radical (unpaired) electrons. The first-order chi connectivity index (χ1) is 18.5. The topological polar surface area (TPSA) is 73.5 Å². The highest BCUT2D eigenvalue weighted by Gasteiger charge is 2.34. The lowest BCUT2D eigenvalue weighted by Crippen LogP contribution is -2.39. The minimum Gasteiger partial charge on any atom is -0.490 e. The number of rotatable bonds is 7. The number of aromatic nitrogens is 2. The number of nitrogens with one attached hydrogen (secondary N) is 2. The van der Waals surface area contributed by atoms with Crippen molar-refractivity contribution >= 4 is 33.8 Å². The molecular formula is C30H35N5O2S. The molecule has 2 aliphatic rings. The summed E-state index contributed by atoms with van der Waals surface area (Å²) < 4.78 is 6.22. The van der Waals surface area contributed by atoms with Crippen LogP contribution in [-0.4, -0.2) is 64.7 Å². The lowest BCUT2D eigenvalue weighted by atomic mass is 10.1. The van der Waals surface area contributed by atoms with Gasteiger partial charge < -0.3 is 15.0 Å². The first kappa shape index (κ1) is 25.1. The molecule has 2 aromatic carbocycles. The van der Waals surface area contributed by atoms with Crippen molar-refractivity contribution < 1.29 is 9.53 Å². The zero-order valence-corrected chi connectivity index (χ0v) is 22.8. The molecule has 2 atom stereocenters. The fraction of sp³-hybridized carbons (Fsp3) is 0.400. The minimum atomic E-state index is -0.282. The Kier molecular flexibility index (Phi) is 7.19. The van der Waals surface area contributed by atoms with Crippen LogP contribution < -0.4 is 10.1 Å². The van der Waals surface area contributed by atoms with Crippen LogP contribution >= 0.6 is 11.3 Å². The lowest BCUT2D eigenvalue weighted by molar-refractivity contribution is -0.121. The van der Waals surface area contributed by atoms with E-state index in [1.807, 2.05) is 35.7 Å². The largest absolute Gasteiger partial charge is 0.490 e. The number of piperidine rings is 1. The van der Waals surface area contributed by atoms with Crippen LogP contribution in [0.15, 0.2) is 59.3 Å². The molecule has 7 nitrogen and oxygen atoms in total. The van der Waals surface area contributed by atoms with E-state index in [4.69, 9.17) is 4.74 Å². The summed E-state index contributed by atoms with van der Waals surface area (Å²) in [4.78, 5) is 18.3. The molecule has 4 heterocycles. The number of benzene rings is 2. The summed E-state index contributed by atoms with van der Waals surface area (Å²) in [6, 6.07) is 16.3. The molecule has 2 aromatic heterocycles. The second kappa shape index (κ2) is 10.9. The van der Waals surface area contributed by atoms with Gasteiger partial charge in [-0.3, -0.25) is 14.8 Å². The van der Waals surface area contributed by atoms with Crippen LogP contribution in [0, 0.1) is 0 Å². The van der Waals surface area contributed by atoms with E-state index < -0.39 is 0 Å². The summed E-state index contributed by atoms with van der Waals surface area (Å²) in [5.41, 5.74) is 4.66.